The van der Waals surface area contributed by atoms with Crippen LogP contribution >= 0.6 is 0 Å². The van der Waals surface area contributed by atoms with Crippen molar-refractivity contribution in [2.75, 3.05) is 13.2 Å². The largest absolute Gasteiger partial charge is 0.491 e. The quantitative estimate of drug-likeness (QED) is 0.923. The van der Waals surface area contributed by atoms with E-state index in [1.54, 1.807) is 28.9 Å². The summed E-state index contributed by atoms with van der Waals surface area (Å²) in [5.74, 6) is -0.866. The number of fused-ring (bicyclic) bond motifs is 1. The van der Waals surface area contributed by atoms with Gasteiger partial charge in [-0.2, -0.15) is 5.10 Å². The minimum Gasteiger partial charge on any atom is -0.491 e. The molecule has 1 aromatic carbocycles. The first-order chi connectivity index (χ1) is 11.5. The number of aryl methyl sites for hydroxylation is 2. The number of benzene rings is 1. The monoisotopic (exact) mass is 329 g/mol. The van der Waals surface area contributed by atoms with Crippen molar-refractivity contribution in [1.29, 1.82) is 0 Å². The summed E-state index contributed by atoms with van der Waals surface area (Å²) in [4.78, 5) is 25.9. The molecule has 1 aliphatic heterocycles. The van der Waals surface area contributed by atoms with E-state index < -0.39 is 12.0 Å². The SMILES string of the molecule is Cc1cc(C)n(CC(=O)N2CCOc3ccccc3C2C(=O)O)n1. The van der Waals surface area contributed by atoms with Crippen LogP contribution in [0.2, 0.25) is 0 Å². The Morgan fingerprint density at radius 3 is 2.75 bits per heavy atom. The van der Waals surface area contributed by atoms with Crippen molar-refractivity contribution < 1.29 is 19.4 Å². The van der Waals surface area contributed by atoms with Gasteiger partial charge in [0.15, 0.2) is 6.04 Å². The van der Waals surface area contributed by atoms with Gasteiger partial charge < -0.3 is 14.7 Å². The fourth-order valence-electron chi connectivity index (χ4n) is 2.98. The van der Waals surface area contributed by atoms with Crippen LogP contribution in [0.1, 0.15) is 23.0 Å². The lowest BCUT2D eigenvalue weighted by molar-refractivity contribution is -0.150. The molecule has 0 saturated carbocycles. The number of carboxylic acid groups (broad SMARTS) is 1. The van der Waals surface area contributed by atoms with Crippen molar-refractivity contribution in [2.45, 2.75) is 26.4 Å². The van der Waals surface area contributed by atoms with Crippen molar-refractivity contribution in [2.24, 2.45) is 0 Å². The van der Waals surface area contributed by atoms with E-state index in [1.807, 2.05) is 19.9 Å². The standard InChI is InChI=1S/C17H19N3O4/c1-11-9-12(2)20(18-11)10-15(21)19-7-8-24-14-6-4-3-5-13(14)16(19)17(22)23/h3-6,9,16H,7-8,10H2,1-2H3,(H,22,23). The van der Waals surface area contributed by atoms with Gasteiger partial charge in [0.2, 0.25) is 5.91 Å². The second kappa shape index (κ2) is 6.35. The molecule has 1 unspecified atom stereocenters. The third-order valence-corrected chi connectivity index (χ3v) is 4.06. The van der Waals surface area contributed by atoms with Gasteiger partial charge in [-0.1, -0.05) is 18.2 Å². The number of carboxylic acids is 1. The number of aromatic nitrogens is 2. The maximum Gasteiger partial charge on any atom is 0.331 e. The van der Waals surface area contributed by atoms with E-state index in [2.05, 4.69) is 5.10 Å². The molecule has 1 N–H and O–H groups in total. The van der Waals surface area contributed by atoms with Crippen molar-refractivity contribution in [1.82, 2.24) is 14.7 Å². The average Bonchev–Trinajstić information content (AvgIpc) is 2.74. The number of amides is 1. The molecule has 3 rings (SSSR count). The zero-order chi connectivity index (χ0) is 17.3. The molecule has 0 saturated heterocycles. The lowest BCUT2D eigenvalue weighted by atomic mass is 10.0. The molecule has 1 atom stereocenters. The molecule has 0 spiro atoms. The number of ether oxygens (including phenoxy) is 1. The van der Waals surface area contributed by atoms with Gasteiger partial charge in [0.25, 0.3) is 0 Å². The maximum absolute atomic E-state index is 12.8. The number of rotatable bonds is 3. The van der Waals surface area contributed by atoms with Gasteiger partial charge in [-0.15, -0.1) is 0 Å². The van der Waals surface area contributed by atoms with E-state index in [4.69, 9.17) is 4.74 Å². The highest BCUT2D eigenvalue weighted by Crippen LogP contribution is 2.32. The van der Waals surface area contributed by atoms with Gasteiger partial charge in [-0.3, -0.25) is 9.48 Å². The van der Waals surface area contributed by atoms with Crippen LogP contribution in [0.4, 0.5) is 0 Å². The van der Waals surface area contributed by atoms with Crippen molar-refractivity contribution in [3.63, 3.8) is 0 Å². The average molecular weight is 329 g/mol. The van der Waals surface area contributed by atoms with Gasteiger partial charge >= 0.3 is 5.97 Å². The molecule has 1 aromatic heterocycles. The summed E-state index contributed by atoms with van der Waals surface area (Å²) < 4.78 is 7.20. The van der Waals surface area contributed by atoms with Gasteiger partial charge in [0, 0.05) is 11.3 Å². The number of carbonyl (C=O) groups is 2. The summed E-state index contributed by atoms with van der Waals surface area (Å²) in [5, 5.41) is 14.0. The predicted molar refractivity (Wildman–Crippen MR) is 85.7 cm³/mol. The molecule has 0 fully saturated rings. The summed E-state index contributed by atoms with van der Waals surface area (Å²) in [6.45, 7) is 4.19. The van der Waals surface area contributed by atoms with E-state index in [9.17, 15) is 14.7 Å². The van der Waals surface area contributed by atoms with E-state index >= 15 is 0 Å². The minimum absolute atomic E-state index is 0.00558. The van der Waals surface area contributed by atoms with Gasteiger partial charge in [0.05, 0.1) is 12.2 Å². The van der Waals surface area contributed by atoms with Crippen LogP contribution in [-0.2, 0) is 16.1 Å². The number of aliphatic carboxylic acids is 1. The first-order valence-corrected chi connectivity index (χ1v) is 7.72. The third kappa shape index (κ3) is 2.97. The predicted octanol–water partition coefficient (Wildman–Crippen LogP) is 1.55. The molecule has 2 aromatic rings. The van der Waals surface area contributed by atoms with E-state index in [0.29, 0.717) is 11.3 Å². The smallest absolute Gasteiger partial charge is 0.331 e. The highest BCUT2D eigenvalue weighted by molar-refractivity contribution is 5.85. The summed E-state index contributed by atoms with van der Waals surface area (Å²) in [7, 11) is 0. The molecule has 0 bridgehead atoms. The normalized spacial score (nSPS) is 16.9. The van der Waals surface area contributed by atoms with Gasteiger partial charge in [0.1, 0.15) is 18.9 Å². The molecule has 1 amide bonds. The van der Waals surface area contributed by atoms with Crippen LogP contribution in [0, 0.1) is 13.8 Å². The van der Waals surface area contributed by atoms with Crippen molar-refractivity contribution in [3.05, 3.63) is 47.3 Å². The van der Waals surface area contributed by atoms with Crippen LogP contribution < -0.4 is 4.74 Å². The minimum atomic E-state index is -1.07. The Hall–Kier alpha value is -2.83. The Labute approximate surface area is 139 Å². The zero-order valence-corrected chi connectivity index (χ0v) is 13.6. The second-order valence-corrected chi connectivity index (χ2v) is 5.80. The highest BCUT2D eigenvalue weighted by atomic mass is 16.5. The fraction of sp³-hybridized carbons (Fsp3) is 0.353. The third-order valence-electron chi connectivity index (χ3n) is 4.06. The van der Waals surface area contributed by atoms with Crippen molar-refractivity contribution in [3.8, 4) is 5.75 Å². The molecule has 0 radical (unpaired) electrons. The first kappa shape index (κ1) is 16.0. The first-order valence-electron chi connectivity index (χ1n) is 7.72. The summed E-state index contributed by atoms with van der Waals surface area (Å²) in [6.07, 6.45) is 0. The molecule has 7 nitrogen and oxygen atoms in total. The van der Waals surface area contributed by atoms with E-state index in [1.165, 1.54) is 4.90 Å². The topological polar surface area (TPSA) is 84.7 Å². The fourth-order valence-corrected chi connectivity index (χ4v) is 2.98. The van der Waals surface area contributed by atoms with Crippen LogP contribution in [0.3, 0.4) is 0 Å². The van der Waals surface area contributed by atoms with Gasteiger partial charge in [-0.25, -0.2) is 4.79 Å². The number of carbonyl (C=O) groups excluding carboxylic acids is 1. The lowest BCUT2D eigenvalue weighted by Gasteiger charge is -2.27. The number of para-hydroxylation sites is 1. The number of hydrogen-bond acceptors (Lipinski definition) is 4. The van der Waals surface area contributed by atoms with E-state index in [-0.39, 0.29) is 25.6 Å². The van der Waals surface area contributed by atoms with Crippen molar-refractivity contribution >= 4 is 11.9 Å². The van der Waals surface area contributed by atoms with Gasteiger partial charge in [-0.05, 0) is 26.0 Å². The lowest BCUT2D eigenvalue weighted by Crippen LogP contribution is -2.41. The molecule has 1 aliphatic rings. The zero-order valence-electron chi connectivity index (χ0n) is 13.6. The molecular formula is C17H19N3O4. The molecular weight excluding hydrogens is 310 g/mol. The molecule has 24 heavy (non-hydrogen) atoms. The Balaban J connectivity index is 1.92. The number of nitrogens with zero attached hydrogens (tertiary/aromatic N) is 3. The van der Waals surface area contributed by atoms with E-state index in [0.717, 1.165) is 11.4 Å². The Morgan fingerprint density at radius 1 is 1.33 bits per heavy atom. The molecule has 126 valence electrons. The Bertz CT molecular complexity index is 784. The molecule has 2 heterocycles. The summed E-state index contributed by atoms with van der Waals surface area (Å²) in [6, 6.07) is 7.75. The van der Waals surface area contributed by atoms with Crippen LogP contribution in [0.15, 0.2) is 30.3 Å². The van der Waals surface area contributed by atoms with Crippen LogP contribution in [0.5, 0.6) is 5.75 Å². The second-order valence-electron chi connectivity index (χ2n) is 5.80. The Kier molecular flexibility index (Phi) is 4.24. The molecule has 0 aliphatic carbocycles. The number of hydrogen-bond donors (Lipinski definition) is 1. The maximum atomic E-state index is 12.8. The highest BCUT2D eigenvalue weighted by Gasteiger charge is 2.35. The summed E-state index contributed by atoms with van der Waals surface area (Å²) >= 11 is 0. The van der Waals surface area contributed by atoms with Crippen LogP contribution in [0.25, 0.3) is 0 Å². The molecule has 7 heteroatoms. The summed E-state index contributed by atoms with van der Waals surface area (Å²) in [5.41, 5.74) is 2.17. The van der Waals surface area contributed by atoms with Crippen LogP contribution in [-0.4, -0.2) is 44.8 Å². The Morgan fingerprint density at radius 2 is 2.08 bits per heavy atom.